The summed E-state index contributed by atoms with van der Waals surface area (Å²) in [6, 6.07) is 21.5. The number of aryl methyl sites for hydroxylation is 1. The molecule has 0 saturated carbocycles. The van der Waals surface area contributed by atoms with E-state index in [0.29, 0.717) is 23.2 Å². The lowest BCUT2D eigenvalue weighted by Crippen LogP contribution is -2.39. The van der Waals surface area contributed by atoms with Gasteiger partial charge in [-0.15, -0.1) is 10.6 Å². The first kappa shape index (κ1) is 22.6. The standard InChI is InChI=1S/C25H25ClN4O3/c1-16-6-9-20(26)13-22(16)19-5-3-4-17(12-19)15-33-21-10-7-18(8-11-21)23(14-24(31)32)25-27-28-29-30(25)2/h3-13,23,28-29H,14-15H2,1-2H3,(H,31,32). The van der Waals surface area contributed by atoms with E-state index in [2.05, 4.69) is 35.2 Å². The van der Waals surface area contributed by atoms with E-state index >= 15 is 0 Å². The van der Waals surface area contributed by atoms with Crippen molar-refractivity contribution in [2.45, 2.75) is 25.9 Å². The van der Waals surface area contributed by atoms with Crippen molar-refractivity contribution < 1.29 is 14.6 Å². The summed E-state index contributed by atoms with van der Waals surface area (Å²) >= 11 is 6.19. The van der Waals surface area contributed by atoms with Crippen LogP contribution in [-0.4, -0.2) is 29.0 Å². The normalized spacial score (nSPS) is 13.9. The summed E-state index contributed by atoms with van der Waals surface area (Å²) in [6.45, 7) is 2.48. The van der Waals surface area contributed by atoms with Gasteiger partial charge in [0.15, 0.2) is 0 Å². The summed E-state index contributed by atoms with van der Waals surface area (Å²) in [4.78, 5) is 11.4. The Bertz CT molecular complexity index is 1180. The number of ether oxygens (including phenoxy) is 1. The molecule has 3 aromatic rings. The number of hydrogen-bond acceptors (Lipinski definition) is 6. The van der Waals surface area contributed by atoms with Crippen LogP contribution >= 0.6 is 11.6 Å². The zero-order chi connectivity index (χ0) is 23.4. The van der Waals surface area contributed by atoms with Crippen LogP contribution in [0.25, 0.3) is 11.1 Å². The Morgan fingerprint density at radius 3 is 2.64 bits per heavy atom. The van der Waals surface area contributed by atoms with Crippen molar-refractivity contribution in [2.75, 3.05) is 7.05 Å². The average Bonchev–Trinajstić information content (AvgIpc) is 3.23. The molecular weight excluding hydrogens is 440 g/mol. The van der Waals surface area contributed by atoms with Gasteiger partial charge in [-0.1, -0.05) is 48.0 Å². The maximum absolute atomic E-state index is 11.4. The van der Waals surface area contributed by atoms with E-state index in [4.69, 9.17) is 16.3 Å². The zero-order valence-corrected chi connectivity index (χ0v) is 19.1. The number of likely N-dealkylation sites (N-methyl/N-ethyl adjacent to an activating group) is 1. The van der Waals surface area contributed by atoms with Crippen molar-refractivity contribution in [2.24, 2.45) is 5.10 Å². The first-order chi connectivity index (χ1) is 15.9. The van der Waals surface area contributed by atoms with Crippen LogP contribution in [0.2, 0.25) is 5.02 Å². The van der Waals surface area contributed by atoms with E-state index in [1.165, 1.54) is 0 Å². The third kappa shape index (κ3) is 5.45. The lowest BCUT2D eigenvalue weighted by molar-refractivity contribution is -0.137. The summed E-state index contributed by atoms with van der Waals surface area (Å²) in [5.74, 6) is 0.0362. The van der Waals surface area contributed by atoms with Crippen LogP contribution in [0.15, 0.2) is 71.8 Å². The Balaban J connectivity index is 1.46. The molecule has 4 rings (SSSR count). The van der Waals surface area contributed by atoms with Crippen LogP contribution in [0.1, 0.15) is 29.0 Å². The zero-order valence-electron chi connectivity index (χ0n) is 18.4. The van der Waals surface area contributed by atoms with E-state index in [9.17, 15) is 9.90 Å². The van der Waals surface area contributed by atoms with E-state index in [0.717, 1.165) is 27.8 Å². The second-order valence-corrected chi connectivity index (χ2v) is 8.36. The number of hydrazone groups is 1. The van der Waals surface area contributed by atoms with Crippen LogP contribution in [0.3, 0.4) is 0 Å². The largest absolute Gasteiger partial charge is 0.489 e. The third-order valence-corrected chi connectivity index (χ3v) is 5.78. The SMILES string of the molecule is Cc1ccc(Cl)cc1-c1cccc(COc2ccc(C(CC(=O)O)C3=NNNN3C)cc2)c1. The first-order valence-corrected chi connectivity index (χ1v) is 10.9. The highest BCUT2D eigenvalue weighted by atomic mass is 35.5. The summed E-state index contributed by atoms with van der Waals surface area (Å²) in [7, 11) is 1.78. The van der Waals surface area contributed by atoms with Crippen molar-refractivity contribution >= 4 is 23.4 Å². The smallest absolute Gasteiger partial charge is 0.304 e. The first-order valence-electron chi connectivity index (χ1n) is 10.5. The number of carboxylic acid groups (broad SMARTS) is 1. The average molecular weight is 465 g/mol. The van der Waals surface area contributed by atoms with Gasteiger partial charge in [0.25, 0.3) is 0 Å². The van der Waals surface area contributed by atoms with Gasteiger partial charge in [-0.25, -0.2) is 5.53 Å². The maximum Gasteiger partial charge on any atom is 0.304 e. The molecule has 7 nitrogen and oxygen atoms in total. The molecule has 170 valence electrons. The van der Waals surface area contributed by atoms with E-state index in [1.807, 2.05) is 54.6 Å². The quantitative estimate of drug-likeness (QED) is 0.447. The number of halogens is 1. The lowest BCUT2D eigenvalue weighted by Gasteiger charge is -2.21. The molecule has 8 heteroatoms. The molecule has 1 unspecified atom stereocenters. The minimum absolute atomic E-state index is 0.0670. The maximum atomic E-state index is 11.4. The monoisotopic (exact) mass is 464 g/mol. The van der Waals surface area contributed by atoms with Gasteiger partial charge < -0.3 is 9.84 Å². The summed E-state index contributed by atoms with van der Waals surface area (Å²) < 4.78 is 5.99. The fraction of sp³-hybridized carbons (Fsp3) is 0.200. The van der Waals surface area contributed by atoms with Crippen LogP contribution in [0.4, 0.5) is 0 Å². The Labute approximate surface area is 197 Å². The summed E-state index contributed by atoms with van der Waals surface area (Å²) in [5.41, 5.74) is 10.7. The number of nitrogens with zero attached hydrogens (tertiary/aromatic N) is 2. The molecule has 0 amide bonds. The second kappa shape index (κ2) is 9.94. The predicted molar refractivity (Wildman–Crippen MR) is 129 cm³/mol. The Morgan fingerprint density at radius 1 is 1.15 bits per heavy atom. The van der Waals surface area contributed by atoms with Crippen molar-refractivity contribution in [1.29, 1.82) is 0 Å². The van der Waals surface area contributed by atoms with Gasteiger partial charge in [0.05, 0.1) is 12.3 Å². The number of hydrazine groups is 2. The van der Waals surface area contributed by atoms with Gasteiger partial charge in [0.1, 0.15) is 18.2 Å². The van der Waals surface area contributed by atoms with Crippen molar-refractivity contribution in [1.82, 2.24) is 16.1 Å². The number of carboxylic acids is 1. The molecule has 3 aromatic carbocycles. The number of rotatable bonds is 8. The predicted octanol–water partition coefficient (Wildman–Crippen LogP) is 4.72. The molecular formula is C25H25ClN4O3. The van der Waals surface area contributed by atoms with Gasteiger partial charge >= 0.3 is 5.97 Å². The Morgan fingerprint density at radius 2 is 1.94 bits per heavy atom. The molecule has 0 aromatic heterocycles. The van der Waals surface area contributed by atoms with Crippen molar-refractivity contribution in [3.8, 4) is 16.9 Å². The van der Waals surface area contributed by atoms with Crippen LogP contribution < -0.4 is 15.8 Å². The molecule has 0 aliphatic carbocycles. The van der Waals surface area contributed by atoms with E-state index in [-0.39, 0.29) is 12.3 Å². The van der Waals surface area contributed by atoms with Crippen LogP contribution in [0.5, 0.6) is 5.75 Å². The minimum atomic E-state index is -0.891. The second-order valence-electron chi connectivity index (χ2n) is 7.92. The van der Waals surface area contributed by atoms with Crippen molar-refractivity contribution in [3.05, 3.63) is 88.4 Å². The van der Waals surface area contributed by atoms with E-state index in [1.54, 1.807) is 12.1 Å². The molecule has 0 bridgehead atoms. The van der Waals surface area contributed by atoms with Crippen LogP contribution in [-0.2, 0) is 11.4 Å². The summed E-state index contributed by atoms with van der Waals surface area (Å²) in [6.07, 6.45) is -0.0670. The highest BCUT2D eigenvalue weighted by Gasteiger charge is 2.27. The molecule has 0 radical (unpaired) electrons. The molecule has 33 heavy (non-hydrogen) atoms. The topological polar surface area (TPSA) is 86.2 Å². The molecule has 1 heterocycles. The van der Waals surface area contributed by atoms with Gasteiger partial charge in [-0.2, -0.15) is 0 Å². The fourth-order valence-corrected chi connectivity index (χ4v) is 4.00. The molecule has 1 atom stereocenters. The van der Waals surface area contributed by atoms with Gasteiger partial charge in [-0.05, 0) is 65.1 Å². The highest BCUT2D eigenvalue weighted by Crippen LogP contribution is 2.29. The van der Waals surface area contributed by atoms with Gasteiger partial charge in [-0.3, -0.25) is 9.80 Å². The molecule has 3 N–H and O–H groups in total. The number of aliphatic carboxylic acids is 1. The molecule has 0 saturated heterocycles. The molecule has 1 aliphatic heterocycles. The van der Waals surface area contributed by atoms with Crippen molar-refractivity contribution in [3.63, 3.8) is 0 Å². The molecule has 0 fully saturated rings. The number of benzene rings is 3. The molecule has 1 aliphatic rings. The lowest BCUT2D eigenvalue weighted by atomic mass is 9.94. The minimum Gasteiger partial charge on any atom is -0.489 e. The summed E-state index contributed by atoms with van der Waals surface area (Å²) in [5, 5.41) is 15.9. The number of carbonyl (C=O) groups is 1. The third-order valence-electron chi connectivity index (χ3n) is 5.55. The Hall–Kier alpha value is -3.55. The molecule has 0 spiro atoms. The number of nitrogens with one attached hydrogen (secondary N) is 2. The number of hydrogen-bond donors (Lipinski definition) is 3. The highest BCUT2D eigenvalue weighted by molar-refractivity contribution is 6.30. The van der Waals surface area contributed by atoms with Gasteiger partial charge in [0.2, 0.25) is 0 Å². The van der Waals surface area contributed by atoms with E-state index < -0.39 is 5.97 Å². The fourth-order valence-electron chi connectivity index (χ4n) is 3.83. The Kier molecular flexibility index (Phi) is 6.82. The number of amidine groups is 1. The van der Waals surface area contributed by atoms with Crippen LogP contribution in [0, 0.1) is 6.92 Å². The van der Waals surface area contributed by atoms with Gasteiger partial charge in [0, 0.05) is 12.1 Å².